The number of nitrogens with zero attached hydrogens (tertiary/aromatic N) is 1. The second-order valence-corrected chi connectivity index (χ2v) is 7.14. The maximum Gasteiger partial charge on any atom is 0.306 e. The first-order chi connectivity index (χ1) is 9.38. The normalized spacial score (nSPS) is 27.2. The molecule has 3 atom stereocenters. The summed E-state index contributed by atoms with van der Waals surface area (Å²) in [6, 6.07) is 4.00. The molecule has 1 aliphatic carbocycles. The molecule has 3 unspecified atom stereocenters. The zero-order chi connectivity index (χ0) is 14.8. The number of aromatic nitrogens is 1. The van der Waals surface area contributed by atoms with Gasteiger partial charge in [0.25, 0.3) is 0 Å². The van der Waals surface area contributed by atoms with Crippen molar-refractivity contribution in [2.45, 2.75) is 46.5 Å². The van der Waals surface area contributed by atoms with E-state index in [2.05, 4.69) is 25.8 Å². The molecule has 0 aliphatic heterocycles. The Labute approximate surface area is 121 Å². The minimum absolute atomic E-state index is 0.193. The number of carbonyl (C=O) groups is 1. The summed E-state index contributed by atoms with van der Waals surface area (Å²) >= 11 is 0. The van der Waals surface area contributed by atoms with Crippen LogP contribution in [0.4, 0.5) is 0 Å². The zero-order valence-corrected chi connectivity index (χ0v) is 12.7. The van der Waals surface area contributed by atoms with Crippen LogP contribution in [0.15, 0.2) is 24.5 Å². The van der Waals surface area contributed by atoms with Crippen molar-refractivity contribution < 1.29 is 9.90 Å². The van der Waals surface area contributed by atoms with Crippen LogP contribution in [0, 0.1) is 23.2 Å². The van der Waals surface area contributed by atoms with Crippen LogP contribution in [0.1, 0.15) is 45.6 Å². The molecule has 1 aromatic rings. The van der Waals surface area contributed by atoms with E-state index in [9.17, 15) is 9.90 Å². The highest BCUT2D eigenvalue weighted by Gasteiger charge is 2.38. The van der Waals surface area contributed by atoms with Crippen LogP contribution in [0.3, 0.4) is 0 Å². The molecule has 0 radical (unpaired) electrons. The molecule has 0 bridgehead atoms. The van der Waals surface area contributed by atoms with Gasteiger partial charge in [0.05, 0.1) is 5.92 Å². The van der Waals surface area contributed by atoms with Crippen molar-refractivity contribution in [1.82, 2.24) is 4.98 Å². The van der Waals surface area contributed by atoms with Gasteiger partial charge in [-0.05, 0) is 60.6 Å². The summed E-state index contributed by atoms with van der Waals surface area (Å²) in [5.41, 5.74) is 1.46. The Balaban J connectivity index is 2.13. The Hall–Kier alpha value is -1.38. The Bertz CT molecular complexity index is 450. The third-order valence-corrected chi connectivity index (χ3v) is 4.77. The number of aliphatic carboxylic acids is 1. The largest absolute Gasteiger partial charge is 0.481 e. The molecule has 0 saturated heterocycles. The molecule has 3 nitrogen and oxygen atoms in total. The highest BCUT2D eigenvalue weighted by atomic mass is 16.4. The van der Waals surface area contributed by atoms with Crippen LogP contribution < -0.4 is 0 Å². The summed E-state index contributed by atoms with van der Waals surface area (Å²) in [7, 11) is 0. The van der Waals surface area contributed by atoms with E-state index in [-0.39, 0.29) is 17.3 Å². The number of carboxylic acid groups (broad SMARTS) is 1. The maximum absolute atomic E-state index is 11.5. The van der Waals surface area contributed by atoms with E-state index < -0.39 is 5.97 Å². The van der Waals surface area contributed by atoms with E-state index in [4.69, 9.17) is 0 Å². The number of carboxylic acids is 1. The van der Waals surface area contributed by atoms with Crippen molar-refractivity contribution >= 4 is 5.97 Å². The van der Waals surface area contributed by atoms with E-state index in [1.165, 1.54) is 5.56 Å². The smallest absolute Gasteiger partial charge is 0.306 e. The van der Waals surface area contributed by atoms with Gasteiger partial charge in [-0.2, -0.15) is 0 Å². The quantitative estimate of drug-likeness (QED) is 0.913. The molecule has 1 fully saturated rings. The molecule has 0 spiro atoms. The van der Waals surface area contributed by atoms with Gasteiger partial charge in [-0.1, -0.05) is 20.8 Å². The summed E-state index contributed by atoms with van der Waals surface area (Å²) in [5, 5.41) is 9.46. The van der Waals surface area contributed by atoms with Gasteiger partial charge >= 0.3 is 5.97 Å². The summed E-state index contributed by atoms with van der Waals surface area (Å²) < 4.78 is 0. The van der Waals surface area contributed by atoms with Crippen molar-refractivity contribution in [1.29, 1.82) is 0 Å². The van der Waals surface area contributed by atoms with Crippen LogP contribution in [-0.2, 0) is 11.2 Å². The van der Waals surface area contributed by atoms with Gasteiger partial charge in [0.15, 0.2) is 0 Å². The van der Waals surface area contributed by atoms with Gasteiger partial charge in [-0.15, -0.1) is 0 Å². The lowest BCUT2D eigenvalue weighted by Crippen LogP contribution is -2.36. The second kappa shape index (κ2) is 5.94. The van der Waals surface area contributed by atoms with Crippen molar-refractivity contribution in [3.8, 4) is 0 Å². The van der Waals surface area contributed by atoms with Gasteiger partial charge in [0.1, 0.15) is 0 Å². The van der Waals surface area contributed by atoms with Gasteiger partial charge in [0, 0.05) is 12.4 Å². The van der Waals surface area contributed by atoms with Crippen molar-refractivity contribution in [2.75, 3.05) is 0 Å². The molecule has 2 rings (SSSR count). The van der Waals surface area contributed by atoms with E-state index in [0.29, 0.717) is 5.92 Å². The number of pyridine rings is 1. The lowest BCUT2D eigenvalue weighted by atomic mass is 9.64. The minimum atomic E-state index is -0.628. The van der Waals surface area contributed by atoms with Crippen LogP contribution in [0.2, 0.25) is 0 Å². The average molecular weight is 275 g/mol. The van der Waals surface area contributed by atoms with E-state index in [1.807, 2.05) is 12.1 Å². The van der Waals surface area contributed by atoms with Gasteiger partial charge in [-0.25, -0.2) is 0 Å². The first-order valence-electron chi connectivity index (χ1n) is 7.49. The second-order valence-electron chi connectivity index (χ2n) is 7.14. The summed E-state index contributed by atoms with van der Waals surface area (Å²) in [4.78, 5) is 15.5. The monoisotopic (exact) mass is 275 g/mol. The van der Waals surface area contributed by atoms with Crippen molar-refractivity contribution in [2.24, 2.45) is 23.2 Å². The van der Waals surface area contributed by atoms with E-state index >= 15 is 0 Å². The molecule has 0 amide bonds. The summed E-state index contributed by atoms with van der Waals surface area (Å²) in [6.45, 7) is 6.80. The Morgan fingerprint density at radius 1 is 1.30 bits per heavy atom. The number of hydrogen-bond acceptors (Lipinski definition) is 2. The van der Waals surface area contributed by atoms with Gasteiger partial charge in [-0.3, -0.25) is 9.78 Å². The molecule has 1 heterocycles. The molecule has 1 saturated carbocycles. The highest BCUT2D eigenvalue weighted by Crippen LogP contribution is 2.43. The van der Waals surface area contributed by atoms with Crippen LogP contribution in [0.25, 0.3) is 0 Å². The Morgan fingerprint density at radius 3 is 2.50 bits per heavy atom. The number of hydrogen-bond donors (Lipinski definition) is 1. The molecule has 1 N–H and O–H groups in total. The maximum atomic E-state index is 11.5. The SMILES string of the molecule is CC(C)(C)C1CCC(C(=O)O)C(Cc2ccncc2)C1. The van der Waals surface area contributed by atoms with Crippen LogP contribution >= 0.6 is 0 Å². The van der Waals surface area contributed by atoms with Gasteiger partial charge < -0.3 is 5.11 Å². The number of rotatable bonds is 3. The first kappa shape index (κ1) is 15.0. The Kier molecular flexibility index (Phi) is 4.46. The fraction of sp³-hybridized carbons (Fsp3) is 0.647. The molecule has 0 aromatic carbocycles. The summed E-state index contributed by atoms with van der Waals surface area (Å²) in [5.74, 6) is 0.0380. The van der Waals surface area contributed by atoms with Gasteiger partial charge in [0.2, 0.25) is 0 Å². The van der Waals surface area contributed by atoms with Crippen LogP contribution in [-0.4, -0.2) is 16.1 Å². The molecule has 20 heavy (non-hydrogen) atoms. The fourth-order valence-electron chi connectivity index (χ4n) is 3.42. The third kappa shape index (κ3) is 3.59. The first-order valence-corrected chi connectivity index (χ1v) is 7.49. The average Bonchev–Trinajstić information content (AvgIpc) is 2.38. The third-order valence-electron chi connectivity index (χ3n) is 4.77. The molecular formula is C17H25NO2. The van der Waals surface area contributed by atoms with Crippen molar-refractivity contribution in [3.63, 3.8) is 0 Å². The minimum Gasteiger partial charge on any atom is -0.481 e. The fourth-order valence-corrected chi connectivity index (χ4v) is 3.42. The van der Waals surface area contributed by atoms with E-state index in [0.717, 1.165) is 25.7 Å². The molecular weight excluding hydrogens is 250 g/mol. The highest BCUT2D eigenvalue weighted by molar-refractivity contribution is 5.70. The zero-order valence-electron chi connectivity index (χ0n) is 12.7. The molecule has 3 heteroatoms. The standard InChI is InChI=1S/C17H25NO2/c1-17(2,3)14-4-5-15(16(19)20)13(11-14)10-12-6-8-18-9-7-12/h6-9,13-15H,4-5,10-11H2,1-3H3,(H,19,20). The molecule has 1 aromatic heterocycles. The lowest BCUT2D eigenvalue weighted by molar-refractivity contribution is -0.146. The van der Waals surface area contributed by atoms with Crippen molar-refractivity contribution in [3.05, 3.63) is 30.1 Å². The topological polar surface area (TPSA) is 50.2 Å². The van der Waals surface area contributed by atoms with E-state index in [1.54, 1.807) is 12.4 Å². The predicted octanol–water partition coefficient (Wildman–Crippen LogP) is 3.79. The molecule has 110 valence electrons. The predicted molar refractivity (Wildman–Crippen MR) is 79.4 cm³/mol. The lowest BCUT2D eigenvalue weighted by Gasteiger charge is -2.40. The van der Waals surface area contributed by atoms with Crippen LogP contribution in [0.5, 0.6) is 0 Å². The summed E-state index contributed by atoms with van der Waals surface area (Å²) in [6.07, 6.45) is 7.29. The Morgan fingerprint density at radius 2 is 1.95 bits per heavy atom. The molecule has 1 aliphatic rings.